The molecule has 0 aromatic carbocycles. The Morgan fingerprint density at radius 2 is 2.06 bits per heavy atom. The molecular formula is C10H19NO5S. The molecule has 17 heavy (non-hydrogen) atoms. The Morgan fingerprint density at radius 3 is 2.41 bits per heavy atom. The van der Waals surface area contributed by atoms with Gasteiger partial charge in [-0.2, -0.15) is 0 Å². The molecule has 3 unspecified atom stereocenters. The molecule has 0 aliphatic carbocycles. The molecule has 0 bridgehead atoms. The number of carbonyl (C=O) groups is 1. The quantitative estimate of drug-likeness (QED) is 0.612. The molecule has 7 heteroatoms. The first-order valence-electron chi connectivity index (χ1n) is 5.60. The van der Waals surface area contributed by atoms with E-state index in [0.717, 1.165) is 0 Å². The molecule has 0 aromatic heterocycles. The van der Waals surface area contributed by atoms with E-state index in [0.29, 0.717) is 12.8 Å². The average molecular weight is 265 g/mol. The van der Waals surface area contributed by atoms with Crippen molar-refractivity contribution >= 4 is 15.8 Å². The van der Waals surface area contributed by atoms with Gasteiger partial charge in [0.1, 0.15) is 5.54 Å². The van der Waals surface area contributed by atoms with E-state index in [4.69, 9.17) is 5.11 Å². The Hall–Kier alpha value is -0.660. The normalized spacial score (nSPS) is 31.0. The van der Waals surface area contributed by atoms with Crippen LogP contribution in [0.15, 0.2) is 0 Å². The Kier molecular flexibility index (Phi) is 4.16. The van der Waals surface area contributed by atoms with Crippen LogP contribution in [-0.4, -0.2) is 53.8 Å². The second kappa shape index (κ2) is 4.91. The van der Waals surface area contributed by atoms with Crippen LogP contribution < -0.4 is 5.32 Å². The van der Waals surface area contributed by atoms with Gasteiger partial charge in [-0.25, -0.2) is 8.42 Å². The SMILES string of the molecule is CCCC(C)(NC1CS(=O)(=O)CC1O)C(=O)O. The molecule has 3 atom stereocenters. The minimum atomic E-state index is -3.26. The fraction of sp³-hybridized carbons (Fsp3) is 0.900. The first-order chi connectivity index (χ1) is 7.70. The van der Waals surface area contributed by atoms with Crippen LogP contribution >= 0.6 is 0 Å². The summed E-state index contributed by atoms with van der Waals surface area (Å²) in [4.78, 5) is 11.2. The molecule has 3 N–H and O–H groups in total. The van der Waals surface area contributed by atoms with Gasteiger partial charge < -0.3 is 10.2 Å². The zero-order chi connectivity index (χ0) is 13.3. The first kappa shape index (κ1) is 14.4. The van der Waals surface area contributed by atoms with E-state index in [2.05, 4.69) is 5.32 Å². The van der Waals surface area contributed by atoms with Gasteiger partial charge in [0.25, 0.3) is 0 Å². The molecule has 6 nitrogen and oxygen atoms in total. The summed E-state index contributed by atoms with van der Waals surface area (Å²) in [5.41, 5.74) is -1.19. The molecular weight excluding hydrogens is 246 g/mol. The Labute approximate surface area is 101 Å². The van der Waals surface area contributed by atoms with Crippen LogP contribution in [0.25, 0.3) is 0 Å². The largest absolute Gasteiger partial charge is 0.480 e. The fourth-order valence-corrected chi connectivity index (χ4v) is 3.86. The molecule has 0 radical (unpaired) electrons. The third-order valence-corrected chi connectivity index (χ3v) is 4.77. The minimum absolute atomic E-state index is 0.208. The summed E-state index contributed by atoms with van der Waals surface area (Å²) in [6, 6.07) is -0.701. The second-order valence-corrected chi connectivity index (χ2v) is 6.94. The standard InChI is InChI=1S/C10H19NO5S/c1-3-4-10(2,9(13)14)11-7-5-17(15,16)6-8(7)12/h7-8,11-12H,3-6H2,1-2H3,(H,13,14). The van der Waals surface area contributed by atoms with Crippen molar-refractivity contribution in [3.8, 4) is 0 Å². The minimum Gasteiger partial charge on any atom is -0.480 e. The summed E-state index contributed by atoms with van der Waals surface area (Å²) in [6.07, 6.45) is 0.00674. The number of hydrogen-bond donors (Lipinski definition) is 3. The number of nitrogens with one attached hydrogen (secondary N) is 1. The van der Waals surface area contributed by atoms with Crippen molar-refractivity contribution in [3.05, 3.63) is 0 Å². The van der Waals surface area contributed by atoms with Crippen molar-refractivity contribution in [1.82, 2.24) is 5.32 Å². The van der Waals surface area contributed by atoms with Crippen LogP contribution in [0.3, 0.4) is 0 Å². The third kappa shape index (κ3) is 3.40. The van der Waals surface area contributed by atoms with E-state index in [9.17, 15) is 18.3 Å². The number of carboxylic acid groups (broad SMARTS) is 1. The molecule has 1 fully saturated rings. The Bertz CT molecular complexity index is 394. The van der Waals surface area contributed by atoms with Crippen LogP contribution in [0.1, 0.15) is 26.7 Å². The Balaban J connectivity index is 2.79. The van der Waals surface area contributed by atoms with Gasteiger partial charge in [0.2, 0.25) is 0 Å². The maximum atomic E-state index is 11.3. The van der Waals surface area contributed by atoms with Gasteiger partial charge in [0.05, 0.1) is 17.6 Å². The monoisotopic (exact) mass is 265 g/mol. The number of aliphatic carboxylic acids is 1. The molecule has 0 amide bonds. The predicted octanol–water partition coefficient (Wildman–Crippen LogP) is -0.623. The van der Waals surface area contributed by atoms with E-state index >= 15 is 0 Å². The molecule has 0 aromatic rings. The maximum absolute atomic E-state index is 11.3. The zero-order valence-corrected chi connectivity index (χ0v) is 10.8. The zero-order valence-electron chi connectivity index (χ0n) is 10.0. The molecule has 1 rings (SSSR count). The summed E-state index contributed by atoms with van der Waals surface area (Å²) in [5.74, 6) is -1.54. The highest BCUT2D eigenvalue weighted by Crippen LogP contribution is 2.19. The van der Waals surface area contributed by atoms with Crippen molar-refractivity contribution in [3.63, 3.8) is 0 Å². The van der Waals surface area contributed by atoms with Crippen molar-refractivity contribution < 1.29 is 23.4 Å². The number of rotatable bonds is 5. The van der Waals surface area contributed by atoms with Crippen LogP contribution in [0.2, 0.25) is 0 Å². The second-order valence-electron chi connectivity index (χ2n) is 4.78. The molecule has 0 spiro atoms. The van der Waals surface area contributed by atoms with Crippen molar-refractivity contribution in [1.29, 1.82) is 0 Å². The number of aliphatic hydroxyl groups is 1. The fourth-order valence-electron chi connectivity index (χ4n) is 2.12. The highest BCUT2D eigenvalue weighted by atomic mass is 32.2. The van der Waals surface area contributed by atoms with Gasteiger partial charge in [0, 0.05) is 6.04 Å². The van der Waals surface area contributed by atoms with Gasteiger partial charge in [-0.05, 0) is 13.3 Å². The molecule has 1 aliphatic rings. The number of hydrogen-bond acceptors (Lipinski definition) is 5. The van der Waals surface area contributed by atoms with Gasteiger partial charge in [-0.15, -0.1) is 0 Å². The summed E-state index contributed by atoms with van der Waals surface area (Å²) in [5, 5.41) is 21.5. The van der Waals surface area contributed by atoms with E-state index in [1.807, 2.05) is 6.92 Å². The van der Waals surface area contributed by atoms with Gasteiger partial charge in [0.15, 0.2) is 9.84 Å². The molecule has 100 valence electrons. The predicted molar refractivity (Wildman–Crippen MR) is 62.5 cm³/mol. The first-order valence-corrected chi connectivity index (χ1v) is 7.42. The molecule has 1 saturated heterocycles. The van der Waals surface area contributed by atoms with Gasteiger partial charge in [-0.3, -0.25) is 10.1 Å². The lowest BCUT2D eigenvalue weighted by molar-refractivity contribution is -0.145. The van der Waals surface area contributed by atoms with Crippen LogP contribution in [-0.2, 0) is 14.6 Å². The van der Waals surface area contributed by atoms with Crippen LogP contribution in [0.5, 0.6) is 0 Å². The summed E-state index contributed by atoms with van der Waals surface area (Å²) in [7, 11) is -3.26. The summed E-state index contributed by atoms with van der Waals surface area (Å²) < 4.78 is 22.6. The number of carboxylic acids is 1. The lowest BCUT2D eigenvalue weighted by Gasteiger charge is -2.30. The topological polar surface area (TPSA) is 104 Å². The molecule has 1 heterocycles. The lowest BCUT2D eigenvalue weighted by Crippen LogP contribution is -2.56. The molecule has 0 saturated carbocycles. The van der Waals surface area contributed by atoms with Crippen molar-refractivity contribution in [2.45, 2.75) is 44.4 Å². The lowest BCUT2D eigenvalue weighted by atomic mass is 9.94. The van der Waals surface area contributed by atoms with E-state index in [1.165, 1.54) is 6.92 Å². The van der Waals surface area contributed by atoms with Crippen LogP contribution in [0.4, 0.5) is 0 Å². The van der Waals surface area contributed by atoms with Gasteiger partial charge >= 0.3 is 5.97 Å². The van der Waals surface area contributed by atoms with Crippen molar-refractivity contribution in [2.75, 3.05) is 11.5 Å². The van der Waals surface area contributed by atoms with E-state index < -0.39 is 33.5 Å². The van der Waals surface area contributed by atoms with Crippen molar-refractivity contribution in [2.24, 2.45) is 0 Å². The third-order valence-electron chi connectivity index (χ3n) is 3.05. The highest BCUT2D eigenvalue weighted by molar-refractivity contribution is 7.91. The van der Waals surface area contributed by atoms with Gasteiger partial charge in [-0.1, -0.05) is 13.3 Å². The molecule has 1 aliphatic heterocycles. The maximum Gasteiger partial charge on any atom is 0.323 e. The number of sulfone groups is 1. The number of aliphatic hydroxyl groups excluding tert-OH is 1. The van der Waals surface area contributed by atoms with Crippen LogP contribution in [0, 0.1) is 0 Å². The average Bonchev–Trinajstić information content (AvgIpc) is 2.39. The summed E-state index contributed by atoms with van der Waals surface area (Å²) in [6.45, 7) is 3.36. The van der Waals surface area contributed by atoms with E-state index in [-0.39, 0.29) is 11.5 Å². The smallest absolute Gasteiger partial charge is 0.323 e. The summed E-state index contributed by atoms with van der Waals surface area (Å²) >= 11 is 0. The Morgan fingerprint density at radius 1 is 1.47 bits per heavy atom. The highest BCUT2D eigenvalue weighted by Gasteiger charge is 2.42. The van der Waals surface area contributed by atoms with E-state index in [1.54, 1.807) is 0 Å².